The zero-order valence-corrected chi connectivity index (χ0v) is 11.0. The fourth-order valence-corrected chi connectivity index (χ4v) is 2.96. The van der Waals surface area contributed by atoms with E-state index < -0.39 is 39.1 Å². The van der Waals surface area contributed by atoms with Gasteiger partial charge < -0.3 is 5.11 Å². The highest BCUT2D eigenvalue weighted by Crippen LogP contribution is 2.18. The first-order valence-corrected chi connectivity index (χ1v) is 6.90. The fraction of sp³-hybridized carbons (Fsp3) is 0.364. The Labute approximate surface area is 109 Å². The van der Waals surface area contributed by atoms with Gasteiger partial charge in [0.2, 0.25) is 10.0 Å². The number of carbonyl (C=O) groups is 1. The van der Waals surface area contributed by atoms with Crippen LogP contribution in [0.4, 0.5) is 8.78 Å². The van der Waals surface area contributed by atoms with Crippen LogP contribution in [0.2, 0.25) is 0 Å². The highest BCUT2D eigenvalue weighted by molar-refractivity contribution is 7.89. The summed E-state index contributed by atoms with van der Waals surface area (Å²) >= 11 is 0. The molecule has 0 aliphatic carbocycles. The van der Waals surface area contributed by atoms with E-state index in [9.17, 15) is 22.0 Å². The lowest BCUT2D eigenvalue weighted by Crippen LogP contribution is -2.36. The first-order valence-electron chi connectivity index (χ1n) is 5.46. The summed E-state index contributed by atoms with van der Waals surface area (Å²) in [5.74, 6) is -3.79. The van der Waals surface area contributed by atoms with E-state index >= 15 is 0 Å². The lowest BCUT2D eigenvalue weighted by atomic mass is 10.3. The highest BCUT2D eigenvalue weighted by Gasteiger charge is 2.26. The minimum absolute atomic E-state index is 0.0202. The van der Waals surface area contributed by atoms with Crippen molar-refractivity contribution in [3.63, 3.8) is 0 Å². The molecule has 5 nitrogen and oxygen atoms in total. The van der Waals surface area contributed by atoms with Crippen LogP contribution in [0.5, 0.6) is 0 Å². The lowest BCUT2D eigenvalue weighted by molar-refractivity contribution is -0.137. The van der Waals surface area contributed by atoms with Crippen molar-refractivity contribution in [1.82, 2.24) is 4.31 Å². The summed E-state index contributed by atoms with van der Waals surface area (Å²) in [7, 11) is -4.15. The van der Waals surface area contributed by atoms with Crippen molar-refractivity contribution in [2.24, 2.45) is 0 Å². The molecule has 0 unspecified atom stereocenters. The Morgan fingerprint density at radius 3 is 2.42 bits per heavy atom. The average Bonchev–Trinajstić information content (AvgIpc) is 2.31. The van der Waals surface area contributed by atoms with Crippen molar-refractivity contribution in [1.29, 1.82) is 0 Å². The Hall–Kier alpha value is -1.54. The second-order valence-corrected chi connectivity index (χ2v) is 5.75. The maximum atomic E-state index is 13.0. The Balaban J connectivity index is 3.18. The zero-order chi connectivity index (χ0) is 14.6. The Kier molecular flexibility index (Phi) is 4.96. The molecule has 0 heterocycles. The molecule has 0 aliphatic rings. The SMILES string of the molecule is CCCN(CC(=O)O)S(=O)(=O)c1ccc(F)c(F)c1. The molecule has 0 spiro atoms. The number of hydrogen-bond donors (Lipinski definition) is 1. The number of sulfonamides is 1. The predicted molar refractivity (Wildman–Crippen MR) is 63.0 cm³/mol. The second-order valence-electron chi connectivity index (χ2n) is 3.81. The predicted octanol–water partition coefficient (Wildman–Crippen LogP) is 1.45. The standard InChI is InChI=1S/C11H13F2NO4S/c1-2-5-14(7-11(15)16)19(17,18)8-3-4-9(12)10(13)6-8/h3-4,6H,2,5,7H2,1H3,(H,15,16). The smallest absolute Gasteiger partial charge is 0.318 e. The van der Waals surface area contributed by atoms with E-state index in [4.69, 9.17) is 5.11 Å². The number of nitrogens with zero attached hydrogens (tertiary/aromatic N) is 1. The van der Waals surface area contributed by atoms with Crippen LogP contribution in [0, 0.1) is 11.6 Å². The molecular formula is C11H13F2NO4S. The summed E-state index contributed by atoms with van der Waals surface area (Å²) in [6.07, 6.45) is 0.399. The van der Waals surface area contributed by atoms with Crippen molar-refractivity contribution in [3.8, 4) is 0 Å². The summed E-state index contributed by atoms with van der Waals surface area (Å²) in [6.45, 7) is 0.929. The Bertz CT molecular complexity index is 574. The van der Waals surface area contributed by atoms with E-state index in [-0.39, 0.29) is 6.54 Å². The minimum Gasteiger partial charge on any atom is -0.480 e. The van der Waals surface area contributed by atoms with E-state index in [1.165, 1.54) is 0 Å². The summed E-state index contributed by atoms with van der Waals surface area (Å²) < 4.78 is 50.7. The van der Waals surface area contributed by atoms with Crippen LogP contribution in [0.1, 0.15) is 13.3 Å². The van der Waals surface area contributed by atoms with Gasteiger partial charge >= 0.3 is 5.97 Å². The fourth-order valence-electron chi connectivity index (χ4n) is 1.47. The summed E-state index contributed by atoms with van der Waals surface area (Å²) in [5.41, 5.74) is 0. The van der Waals surface area contributed by atoms with Crippen LogP contribution in [0.15, 0.2) is 23.1 Å². The number of carboxylic acid groups (broad SMARTS) is 1. The van der Waals surface area contributed by atoms with E-state index in [1.807, 2.05) is 0 Å². The molecule has 0 atom stereocenters. The molecule has 19 heavy (non-hydrogen) atoms. The molecular weight excluding hydrogens is 280 g/mol. The molecule has 1 aromatic rings. The van der Waals surface area contributed by atoms with Gasteiger partial charge in [-0.1, -0.05) is 6.92 Å². The molecule has 0 aromatic heterocycles. The third-order valence-corrected chi connectivity index (χ3v) is 4.15. The number of halogens is 2. The maximum absolute atomic E-state index is 13.0. The number of aliphatic carboxylic acids is 1. The highest BCUT2D eigenvalue weighted by atomic mass is 32.2. The van der Waals surface area contributed by atoms with Gasteiger partial charge in [-0.2, -0.15) is 4.31 Å². The van der Waals surface area contributed by atoms with Crippen LogP contribution >= 0.6 is 0 Å². The van der Waals surface area contributed by atoms with Crippen molar-refractivity contribution >= 4 is 16.0 Å². The van der Waals surface area contributed by atoms with Gasteiger partial charge in [-0.15, -0.1) is 0 Å². The summed E-state index contributed by atoms with van der Waals surface area (Å²) in [5, 5.41) is 8.68. The maximum Gasteiger partial charge on any atom is 0.318 e. The number of carboxylic acids is 1. The minimum atomic E-state index is -4.15. The number of hydrogen-bond acceptors (Lipinski definition) is 3. The van der Waals surface area contributed by atoms with Gasteiger partial charge in [0.25, 0.3) is 0 Å². The van der Waals surface area contributed by atoms with Crippen LogP contribution < -0.4 is 0 Å². The van der Waals surface area contributed by atoms with Crippen LogP contribution in [-0.4, -0.2) is 36.9 Å². The molecule has 0 radical (unpaired) electrons. The normalized spacial score (nSPS) is 11.8. The molecule has 0 aliphatic heterocycles. The van der Waals surface area contributed by atoms with Gasteiger partial charge in [-0.25, -0.2) is 17.2 Å². The third-order valence-electron chi connectivity index (χ3n) is 2.31. The molecule has 0 saturated heterocycles. The van der Waals surface area contributed by atoms with Gasteiger partial charge in [-0.3, -0.25) is 4.79 Å². The average molecular weight is 293 g/mol. The van der Waals surface area contributed by atoms with Gasteiger partial charge in [0, 0.05) is 6.54 Å². The Morgan fingerprint density at radius 2 is 1.95 bits per heavy atom. The van der Waals surface area contributed by atoms with Crippen molar-refractivity contribution < 1.29 is 27.1 Å². The lowest BCUT2D eigenvalue weighted by Gasteiger charge is -2.19. The molecule has 8 heteroatoms. The van der Waals surface area contributed by atoms with Gasteiger partial charge in [0.1, 0.15) is 6.54 Å². The number of benzene rings is 1. The molecule has 1 rings (SSSR count). The third kappa shape index (κ3) is 3.71. The largest absolute Gasteiger partial charge is 0.480 e. The van der Waals surface area contributed by atoms with E-state index in [2.05, 4.69) is 0 Å². The summed E-state index contributed by atoms with van der Waals surface area (Å²) in [4.78, 5) is 10.2. The summed E-state index contributed by atoms with van der Waals surface area (Å²) in [6, 6.07) is 2.13. The zero-order valence-electron chi connectivity index (χ0n) is 10.1. The van der Waals surface area contributed by atoms with Gasteiger partial charge in [0.15, 0.2) is 11.6 Å². The molecule has 0 amide bonds. The first kappa shape index (κ1) is 15.5. The van der Waals surface area contributed by atoms with Crippen molar-refractivity contribution in [2.45, 2.75) is 18.2 Å². The molecule has 0 saturated carbocycles. The van der Waals surface area contributed by atoms with E-state index in [0.29, 0.717) is 22.9 Å². The van der Waals surface area contributed by atoms with Gasteiger partial charge in [0.05, 0.1) is 4.90 Å². The monoisotopic (exact) mass is 293 g/mol. The van der Waals surface area contributed by atoms with E-state index in [0.717, 1.165) is 6.07 Å². The molecule has 0 bridgehead atoms. The topological polar surface area (TPSA) is 74.7 Å². The Morgan fingerprint density at radius 1 is 1.32 bits per heavy atom. The molecule has 1 N–H and O–H groups in total. The van der Waals surface area contributed by atoms with Crippen LogP contribution in [-0.2, 0) is 14.8 Å². The number of rotatable bonds is 6. The molecule has 1 aromatic carbocycles. The quantitative estimate of drug-likeness (QED) is 0.861. The van der Waals surface area contributed by atoms with Crippen LogP contribution in [0.3, 0.4) is 0 Å². The molecule has 0 fully saturated rings. The van der Waals surface area contributed by atoms with E-state index in [1.54, 1.807) is 6.92 Å². The first-order chi connectivity index (χ1) is 8.78. The molecule has 106 valence electrons. The second kappa shape index (κ2) is 6.07. The van der Waals surface area contributed by atoms with Crippen molar-refractivity contribution in [2.75, 3.05) is 13.1 Å². The van der Waals surface area contributed by atoms with Crippen LogP contribution in [0.25, 0.3) is 0 Å². The van der Waals surface area contributed by atoms with Crippen molar-refractivity contribution in [3.05, 3.63) is 29.8 Å². The van der Waals surface area contributed by atoms with Gasteiger partial charge in [-0.05, 0) is 24.6 Å².